The number of carbonyl (C=O) groups excluding carboxylic acids is 1. The molecule has 0 aliphatic rings. The van der Waals surface area contributed by atoms with Crippen LogP contribution in [0, 0.1) is 0 Å². The van der Waals surface area contributed by atoms with Crippen LogP contribution >= 0.6 is 0 Å². The quantitative estimate of drug-likeness (QED) is 0.249. The van der Waals surface area contributed by atoms with Gasteiger partial charge in [0.2, 0.25) is 0 Å². The second-order valence-electron chi connectivity index (χ2n) is 3.60. The number of hydrogen-bond acceptors (Lipinski definition) is 3. The Balaban J connectivity index is 3.47. The minimum Gasteiger partial charge on any atom is -0.462 e. The monoisotopic (exact) mass is 226 g/mol. The highest BCUT2D eigenvalue weighted by atomic mass is 16.5. The van der Waals surface area contributed by atoms with Crippen molar-refractivity contribution in [3.05, 3.63) is 24.8 Å². The van der Waals surface area contributed by atoms with Gasteiger partial charge in [0.15, 0.2) is 0 Å². The maximum atomic E-state index is 11.3. The first kappa shape index (κ1) is 14.9. The third-order valence-electron chi connectivity index (χ3n) is 2.03. The first-order valence-electron chi connectivity index (χ1n) is 5.75. The molecule has 0 rings (SSSR count). The molecule has 0 aliphatic carbocycles. The molecule has 0 fully saturated rings. The van der Waals surface area contributed by atoms with Crippen molar-refractivity contribution in [2.45, 2.75) is 32.6 Å². The summed E-state index contributed by atoms with van der Waals surface area (Å²) in [5, 5.41) is 0. The second-order valence-corrected chi connectivity index (χ2v) is 3.60. The van der Waals surface area contributed by atoms with Gasteiger partial charge in [-0.1, -0.05) is 38.8 Å². The average molecular weight is 226 g/mol. The van der Waals surface area contributed by atoms with Gasteiger partial charge in [-0.2, -0.15) is 0 Å². The van der Waals surface area contributed by atoms with Crippen molar-refractivity contribution in [1.29, 1.82) is 0 Å². The summed E-state index contributed by atoms with van der Waals surface area (Å²) in [4.78, 5) is 11.3. The van der Waals surface area contributed by atoms with Crippen LogP contribution in [0.1, 0.15) is 32.6 Å². The number of unbranched alkanes of at least 4 members (excludes halogenated alkanes) is 3. The normalized spacial score (nSPS) is 9.81. The fraction of sp³-hybridized carbons (Fsp3) is 0.615. The number of rotatable bonds is 10. The molecule has 0 aromatic rings. The van der Waals surface area contributed by atoms with E-state index in [-0.39, 0.29) is 12.6 Å². The van der Waals surface area contributed by atoms with Gasteiger partial charge in [-0.3, -0.25) is 0 Å². The molecule has 0 saturated carbocycles. The zero-order valence-electron chi connectivity index (χ0n) is 10.2. The minimum absolute atomic E-state index is 0.208. The van der Waals surface area contributed by atoms with Gasteiger partial charge in [-0.15, -0.1) is 6.58 Å². The van der Waals surface area contributed by atoms with Crippen molar-refractivity contribution in [2.75, 3.05) is 19.8 Å². The van der Waals surface area contributed by atoms with Crippen LogP contribution in [0.4, 0.5) is 0 Å². The molecule has 0 bridgehead atoms. The topological polar surface area (TPSA) is 35.5 Å². The van der Waals surface area contributed by atoms with Gasteiger partial charge in [0.05, 0.1) is 25.4 Å². The van der Waals surface area contributed by atoms with Crippen LogP contribution in [0.25, 0.3) is 0 Å². The Morgan fingerprint density at radius 3 is 2.69 bits per heavy atom. The second kappa shape index (κ2) is 10.4. The molecule has 3 heteroatoms. The highest BCUT2D eigenvalue weighted by Gasteiger charge is 2.07. The maximum Gasteiger partial charge on any atom is 0.335 e. The number of hydrogen-bond donors (Lipinski definition) is 0. The fourth-order valence-corrected chi connectivity index (χ4v) is 1.12. The molecule has 0 saturated heterocycles. The summed E-state index contributed by atoms with van der Waals surface area (Å²) in [6, 6.07) is 0. The molecule has 0 unspecified atom stereocenters. The molecule has 0 radical (unpaired) electrons. The third kappa shape index (κ3) is 8.24. The molecule has 92 valence electrons. The zero-order chi connectivity index (χ0) is 12.2. The molecule has 3 nitrogen and oxygen atoms in total. The smallest absolute Gasteiger partial charge is 0.335 e. The van der Waals surface area contributed by atoms with Gasteiger partial charge >= 0.3 is 5.97 Å². The Kier molecular flexibility index (Phi) is 9.72. The first-order chi connectivity index (χ1) is 7.72. The molecule has 0 amide bonds. The van der Waals surface area contributed by atoms with E-state index in [0.717, 1.165) is 12.8 Å². The van der Waals surface area contributed by atoms with Gasteiger partial charge in [-0.05, 0) is 6.42 Å². The Morgan fingerprint density at radius 2 is 2.06 bits per heavy atom. The lowest BCUT2D eigenvalue weighted by molar-refractivity contribution is -0.139. The number of esters is 1. The number of ether oxygens (including phenoxy) is 2. The van der Waals surface area contributed by atoms with E-state index in [0.29, 0.717) is 18.8 Å². The van der Waals surface area contributed by atoms with E-state index >= 15 is 0 Å². The molecule has 0 heterocycles. The maximum absolute atomic E-state index is 11.3. The van der Waals surface area contributed by atoms with E-state index in [9.17, 15) is 4.79 Å². The van der Waals surface area contributed by atoms with Gasteiger partial charge < -0.3 is 9.47 Å². The van der Waals surface area contributed by atoms with Crippen LogP contribution in [0.3, 0.4) is 0 Å². The molecule has 0 aromatic heterocycles. The third-order valence-corrected chi connectivity index (χ3v) is 2.03. The van der Waals surface area contributed by atoms with E-state index in [1.165, 1.54) is 12.8 Å². The summed E-state index contributed by atoms with van der Waals surface area (Å²) in [5.41, 5.74) is 0.359. The van der Waals surface area contributed by atoms with Crippen LogP contribution in [-0.4, -0.2) is 25.8 Å². The van der Waals surface area contributed by atoms with Crippen molar-refractivity contribution in [1.82, 2.24) is 0 Å². The molecule has 0 aliphatic heterocycles. The summed E-state index contributed by atoms with van der Waals surface area (Å²) >= 11 is 0. The zero-order valence-corrected chi connectivity index (χ0v) is 10.2. The lowest BCUT2D eigenvalue weighted by Crippen LogP contribution is -2.12. The summed E-state index contributed by atoms with van der Waals surface area (Å²) in [6.45, 7) is 10.4. The summed E-state index contributed by atoms with van der Waals surface area (Å²) in [5.74, 6) is -0.361. The average Bonchev–Trinajstić information content (AvgIpc) is 2.28. The van der Waals surface area contributed by atoms with Crippen LogP contribution in [0.2, 0.25) is 0 Å². The fourth-order valence-electron chi connectivity index (χ4n) is 1.12. The predicted molar refractivity (Wildman–Crippen MR) is 65.3 cm³/mol. The summed E-state index contributed by atoms with van der Waals surface area (Å²) in [6.07, 6.45) is 6.00. The lowest BCUT2D eigenvalue weighted by atomic mass is 10.2. The van der Waals surface area contributed by atoms with E-state index in [2.05, 4.69) is 20.1 Å². The van der Waals surface area contributed by atoms with Crippen molar-refractivity contribution in [3.63, 3.8) is 0 Å². The van der Waals surface area contributed by atoms with E-state index < -0.39 is 0 Å². The van der Waals surface area contributed by atoms with E-state index in [1.54, 1.807) is 6.08 Å². The van der Waals surface area contributed by atoms with Crippen molar-refractivity contribution < 1.29 is 14.3 Å². The molecule has 0 atom stereocenters. The van der Waals surface area contributed by atoms with Crippen molar-refractivity contribution in [2.24, 2.45) is 0 Å². The van der Waals surface area contributed by atoms with E-state index in [4.69, 9.17) is 9.47 Å². The van der Waals surface area contributed by atoms with Crippen LogP contribution in [-0.2, 0) is 14.3 Å². The Labute approximate surface area is 98.1 Å². The van der Waals surface area contributed by atoms with Crippen LogP contribution < -0.4 is 0 Å². The largest absolute Gasteiger partial charge is 0.462 e. The molecule has 0 spiro atoms. The Bertz CT molecular complexity index is 221. The lowest BCUT2D eigenvalue weighted by Gasteiger charge is -2.06. The SMILES string of the molecule is C=CCOCC(=C)C(=O)OCCCCCC. The molecule has 16 heavy (non-hydrogen) atoms. The molecule has 0 N–H and O–H groups in total. The highest BCUT2D eigenvalue weighted by Crippen LogP contribution is 2.01. The molecular weight excluding hydrogens is 204 g/mol. The first-order valence-corrected chi connectivity index (χ1v) is 5.75. The van der Waals surface area contributed by atoms with Gasteiger partial charge in [0.25, 0.3) is 0 Å². The van der Waals surface area contributed by atoms with Gasteiger partial charge in [-0.25, -0.2) is 4.79 Å². The Hall–Kier alpha value is -1.09. The molecular formula is C13H22O3. The predicted octanol–water partition coefficient (Wildman–Crippen LogP) is 2.87. The molecule has 0 aromatic carbocycles. The van der Waals surface area contributed by atoms with Gasteiger partial charge in [0.1, 0.15) is 0 Å². The van der Waals surface area contributed by atoms with Crippen molar-refractivity contribution in [3.8, 4) is 0 Å². The van der Waals surface area contributed by atoms with Crippen LogP contribution in [0.15, 0.2) is 24.8 Å². The van der Waals surface area contributed by atoms with Gasteiger partial charge in [0, 0.05) is 0 Å². The summed E-state index contributed by atoms with van der Waals surface area (Å²) in [7, 11) is 0. The van der Waals surface area contributed by atoms with E-state index in [1.807, 2.05) is 0 Å². The summed E-state index contributed by atoms with van der Waals surface area (Å²) < 4.78 is 10.1. The van der Waals surface area contributed by atoms with Crippen molar-refractivity contribution >= 4 is 5.97 Å². The number of carbonyl (C=O) groups is 1. The highest BCUT2D eigenvalue weighted by molar-refractivity contribution is 5.87. The standard InChI is InChI=1S/C13H22O3/c1-4-6-7-8-10-16-13(14)12(3)11-15-9-5-2/h5H,2-4,6-11H2,1H3. The van der Waals surface area contributed by atoms with Crippen LogP contribution in [0.5, 0.6) is 0 Å². The minimum atomic E-state index is -0.361. The Morgan fingerprint density at radius 1 is 1.31 bits per heavy atom.